The maximum atomic E-state index is 11.6. The van der Waals surface area contributed by atoms with E-state index in [-0.39, 0.29) is 5.91 Å². The summed E-state index contributed by atoms with van der Waals surface area (Å²) in [6.45, 7) is 3.17. The van der Waals surface area contributed by atoms with Crippen LogP contribution in [-0.2, 0) is 4.79 Å². The molecule has 1 aliphatic carbocycles. The van der Waals surface area contributed by atoms with Crippen molar-refractivity contribution in [3.8, 4) is 0 Å². The van der Waals surface area contributed by atoms with E-state index in [1.165, 1.54) is 25.7 Å². The molecule has 15 heavy (non-hydrogen) atoms. The first-order valence-electron chi connectivity index (χ1n) is 6.18. The first kappa shape index (κ1) is 12.5. The fourth-order valence-corrected chi connectivity index (χ4v) is 2.24. The molecule has 1 amide bonds. The molecule has 2 N–H and O–H groups in total. The molecule has 0 bridgehead atoms. The summed E-state index contributed by atoms with van der Waals surface area (Å²) < 4.78 is 0. The third-order valence-electron chi connectivity index (χ3n) is 3.29. The quantitative estimate of drug-likeness (QED) is 0.681. The molecule has 0 aliphatic heterocycles. The summed E-state index contributed by atoms with van der Waals surface area (Å²) in [5, 5.41) is 6.22. The minimum absolute atomic E-state index is 0.226. The van der Waals surface area contributed by atoms with Crippen LogP contribution in [0, 0.1) is 5.92 Å². The van der Waals surface area contributed by atoms with Crippen LogP contribution in [0.25, 0.3) is 0 Å². The van der Waals surface area contributed by atoms with E-state index in [2.05, 4.69) is 17.6 Å². The molecular formula is C12H24N2O. The van der Waals surface area contributed by atoms with Gasteiger partial charge in [-0.25, -0.2) is 0 Å². The van der Waals surface area contributed by atoms with E-state index in [1.54, 1.807) is 0 Å². The zero-order chi connectivity index (χ0) is 11.1. The molecule has 1 rings (SSSR count). The highest BCUT2D eigenvalue weighted by atomic mass is 16.1. The minimum Gasteiger partial charge on any atom is -0.353 e. The molecular weight excluding hydrogens is 188 g/mol. The molecule has 0 spiro atoms. The van der Waals surface area contributed by atoms with E-state index < -0.39 is 0 Å². The minimum atomic E-state index is 0.226. The van der Waals surface area contributed by atoms with Crippen molar-refractivity contribution in [2.24, 2.45) is 5.92 Å². The van der Waals surface area contributed by atoms with Gasteiger partial charge in [-0.3, -0.25) is 4.79 Å². The summed E-state index contributed by atoms with van der Waals surface area (Å²) in [5.74, 6) is 0.885. The third kappa shape index (κ3) is 4.65. The normalized spacial score (nSPS) is 26.3. The van der Waals surface area contributed by atoms with Crippen molar-refractivity contribution in [2.75, 3.05) is 13.6 Å². The summed E-state index contributed by atoms with van der Waals surface area (Å²) in [4.78, 5) is 11.6. The lowest BCUT2D eigenvalue weighted by atomic mass is 9.86. The number of hydrogen-bond donors (Lipinski definition) is 2. The first-order valence-corrected chi connectivity index (χ1v) is 6.18. The van der Waals surface area contributed by atoms with Gasteiger partial charge in [-0.15, -0.1) is 0 Å². The molecule has 1 aliphatic rings. The molecule has 3 heteroatoms. The Labute approximate surface area is 93.0 Å². The predicted molar refractivity (Wildman–Crippen MR) is 62.7 cm³/mol. The second-order valence-corrected chi connectivity index (χ2v) is 4.64. The topological polar surface area (TPSA) is 41.1 Å². The van der Waals surface area contributed by atoms with Gasteiger partial charge in [0, 0.05) is 12.5 Å². The highest BCUT2D eigenvalue weighted by molar-refractivity contribution is 5.76. The van der Waals surface area contributed by atoms with Crippen LogP contribution in [-0.4, -0.2) is 25.5 Å². The number of rotatable bonds is 5. The van der Waals surface area contributed by atoms with Gasteiger partial charge in [0.2, 0.25) is 5.91 Å². The van der Waals surface area contributed by atoms with Crippen LogP contribution in [0.5, 0.6) is 0 Å². The lowest BCUT2D eigenvalue weighted by Gasteiger charge is -2.29. The van der Waals surface area contributed by atoms with Gasteiger partial charge in [-0.2, -0.15) is 0 Å². The average molecular weight is 212 g/mol. The highest BCUT2D eigenvalue weighted by Gasteiger charge is 2.22. The standard InChI is InChI=1S/C12H24N2O/c1-10-6-3-4-7-11(10)14-12(15)8-5-9-13-2/h10-11,13H,3-9H2,1-2H3,(H,14,15). The van der Waals surface area contributed by atoms with Gasteiger partial charge >= 0.3 is 0 Å². The second-order valence-electron chi connectivity index (χ2n) is 4.64. The summed E-state index contributed by atoms with van der Waals surface area (Å²) in [6.07, 6.45) is 6.62. The Hall–Kier alpha value is -0.570. The van der Waals surface area contributed by atoms with Crippen molar-refractivity contribution in [2.45, 2.75) is 51.5 Å². The van der Waals surface area contributed by atoms with Gasteiger partial charge in [0.15, 0.2) is 0 Å². The van der Waals surface area contributed by atoms with Crippen molar-refractivity contribution in [1.82, 2.24) is 10.6 Å². The largest absolute Gasteiger partial charge is 0.353 e. The molecule has 0 saturated heterocycles. The number of carbonyl (C=O) groups is 1. The Balaban J connectivity index is 2.18. The smallest absolute Gasteiger partial charge is 0.220 e. The van der Waals surface area contributed by atoms with Crippen LogP contribution in [0.2, 0.25) is 0 Å². The number of hydrogen-bond acceptors (Lipinski definition) is 2. The van der Waals surface area contributed by atoms with Gasteiger partial charge in [0.1, 0.15) is 0 Å². The Morgan fingerprint density at radius 2 is 2.07 bits per heavy atom. The fourth-order valence-electron chi connectivity index (χ4n) is 2.24. The van der Waals surface area contributed by atoms with E-state index in [1.807, 2.05) is 7.05 Å². The molecule has 0 radical (unpaired) electrons. The lowest BCUT2D eigenvalue weighted by molar-refractivity contribution is -0.122. The van der Waals surface area contributed by atoms with Gasteiger partial charge in [-0.1, -0.05) is 19.8 Å². The Kier molecular flexibility index (Phi) is 5.69. The van der Waals surface area contributed by atoms with Crippen molar-refractivity contribution >= 4 is 5.91 Å². The lowest BCUT2D eigenvalue weighted by Crippen LogP contribution is -2.41. The average Bonchev–Trinajstić information content (AvgIpc) is 2.22. The van der Waals surface area contributed by atoms with Crippen molar-refractivity contribution in [3.05, 3.63) is 0 Å². The Morgan fingerprint density at radius 3 is 2.73 bits per heavy atom. The summed E-state index contributed by atoms with van der Waals surface area (Å²) in [6, 6.07) is 0.431. The SMILES string of the molecule is CNCCCC(=O)NC1CCCCC1C. The maximum absolute atomic E-state index is 11.6. The van der Waals surface area contributed by atoms with Gasteiger partial charge in [-0.05, 0) is 38.8 Å². The van der Waals surface area contributed by atoms with Crippen LogP contribution in [0.3, 0.4) is 0 Å². The first-order chi connectivity index (χ1) is 7.24. The molecule has 0 aromatic carbocycles. The molecule has 3 nitrogen and oxygen atoms in total. The zero-order valence-electron chi connectivity index (χ0n) is 10.0. The Morgan fingerprint density at radius 1 is 1.33 bits per heavy atom. The van der Waals surface area contributed by atoms with Crippen LogP contribution in [0.4, 0.5) is 0 Å². The highest BCUT2D eigenvalue weighted by Crippen LogP contribution is 2.23. The number of nitrogens with one attached hydrogen (secondary N) is 2. The molecule has 2 unspecified atom stereocenters. The molecule has 0 aromatic rings. The maximum Gasteiger partial charge on any atom is 0.220 e. The molecule has 1 fully saturated rings. The van der Waals surface area contributed by atoms with Crippen molar-refractivity contribution in [1.29, 1.82) is 0 Å². The van der Waals surface area contributed by atoms with Crippen LogP contribution >= 0.6 is 0 Å². The molecule has 1 saturated carbocycles. The third-order valence-corrected chi connectivity index (χ3v) is 3.29. The predicted octanol–water partition coefficient (Wildman–Crippen LogP) is 1.68. The van der Waals surface area contributed by atoms with Crippen LogP contribution < -0.4 is 10.6 Å². The summed E-state index contributed by atoms with van der Waals surface area (Å²) in [7, 11) is 1.92. The van der Waals surface area contributed by atoms with E-state index >= 15 is 0 Å². The van der Waals surface area contributed by atoms with Gasteiger partial charge in [0.05, 0.1) is 0 Å². The zero-order valence-corrected chi connectivity index (χ0v) is 10.0. The van der Waals surface area contributed by atoms with E-state index in [0.717, 1.165) is 13.0 Å². The molecule has 88 valence electrons. The van der Waals surface area contributed by atoms with E-state index in [4.69, 9.17) is 0 Å². The number of carbonyl (C=O) groups excluding carboxylic acids is 1. The van der Waals surface area contributed by atoms with Crippen molar-refractivity contribution < 1.29 is 4.79 Å². The molecule has 2 atom stereocenters. The molecule has 0 heterocycles. The summed E-state index contributed by atoms with van der Waals surface area (Å²) >= 11 is 0. The van der Waals surface area contributed by atoms with Crippen molar-refractivity contribution in [3.63, 3.8) is 0 Å². The van der Waals surface area contributed by atoms with Crippen LogP contribution in [0.15, 0.2) is 0 Å². The monoisotopic (exact) mass is 212 g/mol. The Bertz CT molecular complexity index is 194. The van der Waals surface area contributed by atoms with Gasteiger partial charge < -0.3 is 10.6 Å². The molecule has 0 aromatic heterocycles. The summed E-state index contributed by atoms with van der Waals surface area (Å²) in [5.41, 5.74) is 0. The van der Waals surface area contributed by atoms with Gasteiger partial charge in [0.25, 0.3) is 0 Å². The number of amides is 1. The fraction of sp³-hybridized carbons (Fsp3) is 0.917. The van der Waals surface area contributed by atoms with E-state index in [9.17, 15) is 4.79 Å². The van der Waals surface area contributed by atoms with E-state index in [0.29, 0.717) is 18.4 Å². The van der Waals surface area contributed by atoms with Crippen LogP contribution in [0.1, 0.15) is 45.4 Å². The second kappa shape index (κ2) is 6.83.